The molecule has 0 aromatic heterocycles. The highest BCUT2D eigenvalue weighted by Gasteiger charge is 1.93. The number of benzene rings is 1. The molecule has 0 aliphatic heterocycles. The third-order valence-corrected chi connectivity index (χ3v) is 2.48. The Labute approximate surface area is 92.9 Å². The van der Waals surface area contributed by atoms with Crippen molar-refractivity contribution in [3.05, 3.63) is 29.8 Å². The number of nitrogens with two attached hydrogens (primary N) is 1. The number of nitrogen functional groups attached to an aromatic ring is 1. The maximum atomic E-state index is 5.71. The van der Waals surface area contributed by atoms with Gasteiger partial charge in [-0.05, 0) is 50.0 Å². The lowest BCUT2D eigenvalue weighted by molar-refractivity contribution is 0.617. The normalized spacial score (nSPS) is 10.5. The second-order valence-electron chi connectivity index (χ2n) is 3.95. The van der Waals surface area contributed by atoms with Crippen LogP contribution in [0.1, 0.15) is 31.7 Å². The first-order valence-electron chi connectivity index (χ1n) is 5.88. The van der Waals surface area contributed by atoms with E-state index in [1.54, 1.807) is 0 Å². The summed E-state index contributed by atoms with van der Waals surface area (Å²) in [6.45, 7) is 4.47. The summed E-state index contributed by atoms with van der Waals surface area (Å²) in [4.78, 5) is 0. The molecule has 84 valence electrons. The fourth-order valence-corrected chi connectivity index (χ4v) is 1.59. The van der Waals surface area contributed by atoms with Gasteiger partial charge in [-0.1, -0.05) is 25.5 Å². The van der Waals surface area contributed by atoms with Crippen LogP contribution < -0.4 is 11.1 Å². The second-order valence-corrected chi connectivity index (χ2v) is 3.95. The Hall–Kier alpha value is -1.02. The van der Waals surface area contributed by atoms with Crippen molar-refractivity contribution in [2.75, 3.05) is 18.8 Å². The molecule has 1 aromatic carbocycles. The zero-order valence-corrected chi connectivity index (χ0v) is 9.63. The Kier molecular flexibility index (Phi) is 5.86. The third kappa shape index (κ3) is 5.43. The predicted octanol–water partition coefficient (Wildman–Crippen LogP) is 2.59. The van der Waals surface area contributed by atoms with Crippen molar-refractivity contribution in [3.8, 4) is 0 Å². The summed E-state index contributed by atoms with van der Waals surface area (Å²) in [5.74, 6) is 0. The molecular weight excluding hydrogens is 184 g/mol. The van der Waals surface area contributed by atoms with E-state index < -0.39 is 0 Å². The maximum absolute atomic E-state index is 5.71. The fraction of sp³-hybridized carbons (Fsp3) is 0.538. The lowest BCUT2D eigenvalue weighted by Gasteiger charge is -2.04. The molecule has 0 saturated carbocycles. The van der Waals surface area contributed by atoms with Gasteiger partial charge < -0.3 is 11.1 Å². The Morgan fingerprint density at radius 2 is 2.00 bits per heavy atom. The predicted molar refractivity (Wildman–Crippen MR) is 67.0 cm³/mol. The van der Waals surface area contributed by atoms with Crippen LogP contribution >= 0.6 is 0 Å². The van der Waals surface area contributed by atoms with E-state index in [9.17, 15) is 0 Å². The molecule has 0 atom stereocenters. The molecule has 0 heterocycles. The van der Waals surface area contributed by atoms with Gasteiger partial charge in [0.1, 0.15) is 0 Å². The van der Waals surface area contributed by atoms with E-state index in [0.29, 0.717) is 0 Å². The molecule has 1 aromatic rings. The van der Waals surface area contributed by atoms with Crippen LogP contribution in [0, 0.1) is 0 Å². The molecule has 0 amide bonds. The van der Waals surface area contributed by atoms with Crippen molar-refractivity contribution >= 4 is 5.69 Å². The average Bonchev–Trinajstić information content (AvgIpc) is 2.23. The SMILES string of the molecule is CCCCNCCCc1cccc(N)c1. The number of rotatable bonds is 7. The van der Waals surface area contributed by atoms with Gasteiger partial charge in [0.05, 0.1) is 0 Å². The largest absolute Gasteiger partial charge is 0.399 e. The van der Waals surface area contributed by atoms with Gasteiger partial charge in [0.15, 0.2) is 0 Å². The Bertz CT molecular complexity index is 271. The van der Waals surface area contributed by atoms with Crippen LogP contribution in [-0.4, -0.2) is 13.1 Å². The second kappa shape index (κ2) is 7.30. The van der Waals surface area contributed by atoms with Crippen molar-refractivity contribution in [2.24, 2.45) is 0 Å². The minimum atomic E-state index is 0.867. The summed E-state index contributed by atoms with van der Waals surface area (Å²) in [5.41, 5.74) is 7.92. The molecule has 0 saturated heterocycles. The molecular formula is C13H22N2. The first-order chi connectivity index (χ1) is 7.33. The fourth-order valence-electron chi connectivity index (χ4n) is 1.59. The highest BCUT2D eigenvalue weighted by Crippen LogP contribution is 2.08. The number of aryl methyl sites for hydroxylation is 1. The molecule has 0 radical (unpaired) electrons. The minimum Gasteiger partial charge on any atom is -0.399 e. The molecule has 2 nitrogen and oxygen atoms in total. The topological polar surface area (TPSA) is 38.0 Å². The lowest BCUT2D eigenvalue weighted by Crippen LogP contribution is -2.16. The number of hydrogen-bond acceptors (Lipinski definition) is 2. The highest BCUT2D eigenvalue weighted by atomic mass is 14.8. The zero-order chi connectivity index (χ0) is 10.9. The average molecular weight is 206 g/mol. The molecule has 3 N–H and O–H groups in total. The van der Waals surface area contributed by atoms with Crippen LogP contribution in [0.5, 0.6) is 0 Å². The smallest absolute Gasteiger partial charge is 0.0316 e. The first kappa shape index (κ1) is 12.1. The quantitative estimate of drug-likeness (QED) is 0.531. The van der Waals surface area contributed by atoms with Gasteiger partial charge >= 0.3 is 0 Å². The standard InChI is InChI=1S/C13H22N2/c1-2-3-9-15-10-5-7-12-6-4-8-13(14)11-12/h4,6,8,11,15H,2-3,5,7,9-10,14H2,1H3. The van der Waals surface area contributed by atoms with Crippen LogP contribution in [-0.2, 0) is 6.42 Å². The first-order valence-corrected chi connectivity index (χ1v) is 5.88. The van der Waals surface area contributed by atoms with Crippen LogP contribution in [0.3, 0.4) is 0 Å². The molecule has 0 bridgehead atoms. The summed E-state index contributed by atoms with van der Waals surface area (Å²) < 4.78 is 0. The van der Waals surface area contributed by atoms with Crippen LogP contribution in [0.2, 0.25) is 0 Å². The van der Waals surface area contributed by atoms with Crippen molar-refractivity contribution in [1.29, 1.82) is 0 Å². The van der Waals surface area contributed by atoms with E-state index in [4.69, 9.17) is 5.73 Å². The van der Waals surface area contributed by atoms with Gasteiger partial charge in [-0.15, -0.1) is 0 Å². The molecule has 0 unspecified atom stereocenters. The van der Waals surface area contributed by atoms with Gasteiger partial charge in [0.2, 0.25) is 0 Å². The number of unbranched alkanes of at least 4 members (excludes halogenated alkanes) is 1. The van der Waals surface area contributed by atoms with E-state index in [1.165, 1.54) is 24.8 Å². The van der Waals surface area contributed by atoms with E-state index in [1.807, 2.05) is 12.1 Å². The van der Waals surface area contributed by atoms with Gasteiger partial charge in [0.25, 0.3) is 0 Å². The molecule has 1 rings (SSSR count). The van der Waals surface area contributed by atoms with Crippen LogP contribution in [0.25, 0.3) is 0 Å². The third-order valence-electron chi connectivity index (χ3n) is 2.48. The molecule has 2 heteroatoms. The number of anilines is 1. The van der Waals surface area contributed by atoms with Gasteiger partial charge in [-0.2, -0.15) is 0 Å². The summed E-state index contributed by atoms with van der Waals surface area (Å²) in [6, 6.07) is 8.16. The molecule has 15 heavy (non-hydrogen) atoms. The molecule has 0 spiro atoms. The van der Waals surface area contributed by atoms with Gasteiger partial charge in [0, 0.05) is 5.69 Å². The lowest BCUT2D eigenvalue weighted by atomic mass is 10.1. The van der Waals surface area contributed by atoms with Gasteiger partial charge in [-0.25, -0.2) is 0 Å². The van der Waals surface area contributed by atoms with E-state index in [-0.39, 0.29) is 0 Å². The van der Waals surface area contributed by atoms with Crippen LogP contribution in [0.4, 0.5) is 5.69 Å². The molecule has 0 fully saturated rings. The maximum Gasteiger partial charge on any atom is 0.0316 e. The summed E-state index contributed by atoms with van der Waals surface area (Å²) in [5, 5.41) is 3.44. The summed E-state index contributed by atoms with van der Waals surface area (Å²) in [7, 11) is 0. The highest BCUT2D eigenvalue weighted by molar-refractivity contribution is 5.40. The van der Waals surface area contributed by atoms with Crippen molar-refractivity contribution in [1.82, 2.24) is 5.32 Å². The van der Waals surface area contributed by atoms with Crippen molar-refractivity contribution in [3.63, 3.8) is 0 Å². The summed E-state index contributed by atoms with van der Waals surface area (Å²) in [6.07, 6.45) is 4.85. The van der Waals surface area contributed by atoms with Crippen LogP contribution in [0.15, 0.2) is 24.3 Å². The molecule has 0 aliphatic rings. The van der Waals surface area contributed by atoms with Crippen molar-refractivity contribution in [2.45, 2.75) is 32.6 Å². The number of hydrogen-bond donors (Lipinski definition) is 2. The van der Waals surface area contributed by atoms with E-state index in [2.05, 4.69) is 24.4 Å². The van der Waals surface area contributed by atoms with E-state index in [0.717, 1.165) is 25.2 Å². The molecule has 0 aliphatic carbocycles. The van der Waals surface area contributed by atoms with E-state index >= 15 is 0 Å². The Balaban J connectivity index is 2.10. The monoisotopic (exact) mass is 206 g/mol. The zero-order valence-electron chi connectivity index (χ0n) is 9.63. The number of nitrogens with one attached hydrogen (secondary N) is 1. The summed E-state index contributed by atoms with van der Waals surface area (Å²) >= 11 is 0. The van der Waals surface area contributed by atoms with Gasteiger partial charge in [-0.3, -0.25) is 0 Å². The Morgan fingerprint density at radius 3 is 2.73 bits per heavy atom. The Morgan fingerprint density at radius 1 is 1.20 bits per heavy atom. The van der Waals surface area contributed by atoms with Crippen molar-refractivity contribution < 1.29 is 0 Å². The minimum absolute atomic E-state index is 0.867.